The van der Waals surface area contributed by atoms with Crippen molar-refractivity contribution < 1.29 is 0 Å². The van der Waals surface area contributed by atoms with Crippen LogP contribution < -0.4 is 5.32 Å². The van der Waals surface area contributed by atoms with E-state index in [2.05, 4.69) is 46.4 Å². The minimum absolute atomic E-state index is 0.727. The Labute approximate surface area is 113 Å². The lowest BCUT2D eigenvalue weighted by Crippen LogP contribution is -2.28. The van der Waals surface area contributed by atoms with Crippen LogP contribution in [0.5, 0.6) is 0 Å². The van der Waals surface area contributed by atoms with E-state index >= 15 is 0 Å². The number of aryl methyl sites for hydroxylation is 1. The van der Waals surface area contributed by atoms with Gasteiger partial charge in [0.1, 0.15) is 0 Å². The van der Waals surface area contributed by atoms with E-state index in [1.807, 2.05) is 0 Å². The Hall–Kier alpha value is -0.340. The molecule has 0 amide bonds. The maximum Gasteiger partial charge on any atom is 0.0220 e. The largest absolute Gasteiger partial charge is 0.310 e. The number of nitrogens with one attached hydrogen (secondary N) is 1. The highest BCUT2D eigenvalue weighted by Crippen LogP contribution is 2.20. The fourth-order valence-corrected chi connectivity index (χ4v) is 2.96. The number of benzene rings is 1. The first-order valence-electron chi connectivity index (χ1n) is 6.74. The van der Waals surface area contributed by atoms with Gasteiger partial charge in [-0.2, -0.15) is 0 Å². The van der Waals surface area contributed by atoms with Crippen molar-refractivity contribution in [2.24, 2.45) is 0 Å². The molecule has 0 bridgehead atoms. The maximum absolute atomic E-state index is 3.72. The molecule has 1 aliphatic carbocycles. The van der Waals surface area contributed by atoms with Gasteiger partial charge >= 0.3 is 0 Å². The van der Waals surface area contributed by atoms with Gasteiger partial charge in [0, 0.05) is 17.1 Å². The first-order valence-corrected chi connectivity index (χ1v) is 7.53. The van der Waals surface area contributed by atoms with E-state index in [9.17, 15) is 0 Å². The minimum Gasteiger partial charge on any atom is -0.310 e. The third kappa shape index (κ3) is 4.11. The van der Waals surface area contributed by atoms with Crippen molar-refractivity contribution in [2.45, 2.75) is 58.0 Å². The van der Waals surface area contributed by atoms with Crippen LogP contribution in [0.15, 0.2) is 22.7 Å². The van der Waals surface area contributed by atoms with Gasteiger partial charge in [-0.05, 0) is 31.4 Å². The Morgan fingerprint density at radius 2 is 1.88 bits per heavy atom. The van der Waals surface area contributed by atoms with E-state index in [1.54, 1.807) is 0 Å². The molecule has 0 aromatic heterocycles. The van der Waals surface area contributed by atoms with Gasteiger partial charge in [-0.15, -0.1) is 0 Å². The van der Waals surface area contributed by atoms with Gasteiger partial charge in [0.2, 0.25) is 0 Å². The molecule has 0 saturated heterocycles. The van der Waals surface area contributed by atoms with Crippen molar-refractivity contribution in [1.29, 1.82) is 0 Å². The van der Waals surface area contributed by atoms with Crippen molar-refractivity contribution in [3.8, 4) is 0 Å². The standard InChI is InChI=1S/C15H22BrN/c1-12-8-9-15(16)13(10-12)11-17-14-6-4-2-3-5-7-14/h8-10,14,17H,2-7,11H2,1H3. The van der Waals surface area contributed by atoms with Crippen LogP contribution in [-0.4, -0.2) is 6.04 Å². The molecule has 1 aromatic rings. The summed E-state index contributed by atoms with van der Waals surface area (Å²) in [6.45, 7) is 3.15. The fraction of sp³-hybridized carbons (Fsp3) is 0.600. The summed E-state index contributed by atoms with van der Waals surface area (Å²) < 4.78 is 1.23. The molecule has 2 heteroatoms. The van der Waals surface area contributed by atoms with Crippen LogP contribution >= 0.6 is 15.9 Å². The summed E-state index contributed by atoms with van der Waals surface area (Å²) >= 11 is 3.63. The highest BCUT2D eigenvalue weighted by molar-refractivity contribution is 9.10. The molecule has 0 unspecified atom stereocenters. The highest BCUT2D eigenvalue weighted by Gasteiger charge is 2.11. The second kappa shape index (κ2) is 6.55. The van der Waals surface area contributed by atoms with Gasteiger partial charge in [-0.3, -0.25) is 0 Å². The second-order valence-electron chi connectivity index (χ2n) is 5.16. The van der Waals surface area contributed by atoms with Crippen molar-refractivity contribution in [1.82, 2.24) is 5.32 Å². The number of rotatable bonds is 3. The van der Waals surface area contributed by atoms with Gasteiger partial charge < -0.3 is 5.32 Å². The lowest BCUT2D eigenvalue weighted by molar-refractivity contribution is 0.458. The molecule has 2 rings (SSSR count). The topological polar surface area (TPSA) is 12.0 Å². The smallest absolute Gasteiger partial charge is 0.0220 e. The van der Waals surface area contributed by atoms with Crippen molar-refractivity contribution in [3.63, 3.8) is 0 Å². The van der Waals surface area contributed by atoms with Gasteiger partial charge in [0.25, 0.3) is 0 Å². The molecule has 0 aliphatic heterocycles. The summed E-state index contributed by atoms with van der Waals surface area (Å²) in [4.78, 5) is 0. The Morgan fingerprint density at radius 3 is 2.59 bits per heavy atom. The van der Waals surface area contributed by atoms with E-state index in [4.69, 9.17) is 0 Å². The number of hydrogen-bond acceptors (Lipinski definition) is 1. The highest BCUT2D eigenvalue weighted by atomic mass is 79.9. The van der Waals surface area contributed by atoms with Gasteiger partial charge in [0.05, 0.1) is 0 Å². The summed E-state index contributed by atoms with van der Waals surface area (Å²) in [6, 6.07) is 7.30. The molecule has 0 atom stereocenters. The molecule has 1 saturated carbocycles. The molecular formula is C15H22BrN. The predicted octanol–water partition coefficient (Wildman–Crippen LogP) is 4.57. The molecule has 94 valence electrons. The maximum atomic E-state index is 3.72. The normalized spacial score (nSPS) is 18.0. The van der Waals surface area contributed by atoms with E-state index in [0.29, 0.717) is 0 Å². The summed E-state index contributed by atoms with van der Waals surface area (Å²) in [5.41, 5.74) is 2.72. The summed E-state index contributed by atoms with van der Waals surface area (Å²) in [5, 5.41) is 3.72. The summed E-state index contributed by atoms with van der Waals surface area (Å²) in [5.74, 6) is 0. The lowest BCUT2D eigenvalue weighted by Gasteiger charge is -2.17. The van der Waals surface area contributed by atoms with Crippen molar-refractivity contribution >= 4 is 15.9 Å². The van der Waals surface area contributed by atoms with Crippen LogP contribution in [0, 0.1) is 6.92 Å². The van der Waals surface area contributed by atoms with Crippen molar-refractivity contribution in [3.05, 3.63) is 33.8 Å². The minimum atomic E-state index is 0.727. The zero-order valence-electron chi connectivity index (χ0n) is 10.6. The van der Waals surface area contributed by atoms with Crippen LogP contribution in [-0.2, 0) is 6.54 Å². The molecule has 17 heavy (non-hydrogen) atoms. The zero-order valence-corrected chi connectivity index (χ0v) is 12.2. The number of hydrogen-bond donors (Lipinski definition) is 1. The molecule has 1 aliphatic rings. The van der Waals surface area contributed by atoms with Gasteiger partial charge in [-0.25, -0.2) is 0 Å². The third-order valence-electron chi connectivity index (χ3n) is 3.64. The quantitative estimate of drug-likeness (QED) is 0.806. The second-order valence-corrected chi connectivity index (χ2v) is 6.02. The Bertz CT molecular complexity index is 354. The van der Waals surface area contributed by atoms with Crippen LogP contribution in [0.4, 0.5) is 0 Å². The summed E-state index contributed by atoms with van der Waals surface area (Å²) in [7, 11) is 0. The third-order valence-corrected chi connectivity index (χ3v) is 4.41. The lowest BCUT2D eigenvalue weighted by atomic mass is 10.1. The molecular weight excluding hydrogens is 274 g/mol. The fourth-order valence-electron chi connectivity index (χ4n) is 2.58. The molecule has 1 aromatic carbocycles. The van der Waals surface area contributed by atoms with Crippen LogP contribution in [0.1, 0.15) is 49.7 Å². The van der Waals surface area contributed by atoms with Crippen molar-refractivity contribution in [2.75, 3.05) is 0 Å². The SMILES string of the molecule is Cc1ccc(Br)c(CNC2CCCCCC2)c1. The van der Waals surface area contributed by atoms with E-state index in [1.165, 1.54) is 54.1 Å². The van der Waals surface area contributed by atoms with Crippen LogP contribution in [0.25, 0.3) is 0 Å². The Balaban J connectivity index is 1.89. The monoisotopic (exact) mass is 295 g/mol. The first-order chi connectivity index (χ1) is 8.25. The van der Waals surface area contributed by atoms with Gasteiger partial charge in [0.15, 0.2) is 0 Å². The Morgan fingerprint density at radius 1 is 1.18 bits per heavy atom. The number of halogens is 1. The van der Waals surface area contributed by atoms with E-state index in [-0.39, 0.29) is 0 Å². The zero-order chi connectivity index (χ0) is 12.1. The average molecular weight is 296 g/mol. The van der Waals surface area contributed by atoms with Crippen LogP contribution in [0.3, 0.4) is 0 Å². The van der Waals surface area contributed by atoms with Crippen LogP contribution in [0.2, 0.25) is 0 Å². The van der Waals surface area contributed by atoms with E-state index < -0.39 is 0 Å². The summed E-state index contributed by atoms with van der Waals surface area (Å²) in [6.07, 6.45) is 8.34. The first kappa shape index (κ1) is 13.1. The molecule has 1 nitrogen and oxygen atoms in total. The Kier molecular flexibility index (Phi) is 5.05. The molecule has 1 fully saturated rings. The van der Waals surface area contributed by atoms with E-state index in [0.717, 1.165) is 12.6 Å². The molecule has 0 spiro atoms. The molecule has 1 N–H and O–H groups in total. The molecule has 0 heterocycles. The van der Waals surface area contributed by atoms with Gasteiger partial charge in [-0.1, -0.05) is 59.3 Å². The average Bonchev–Trinajstić information content (AvgIpc) is 2.59. The molecule has 0 radical (unpaired) electrons. The predicted molar refractivity (Wildman–Crippen MR) is 77.2 cm³/mol.